The van der Waals surface area contributed by atoms with Crippen LogP contribution < -0.4 is 4.90 Å². The summed E-state index contributed by atoms with van der Waals surface area (Å²) >= 11 is 7.61. The van der Waals surface area contributed by atoms with Crippen LogP contribution in [-0.4, -0.2) is 55.9 Å². The molecule has 6 nitrogen and oxygen atoms in total. The molecular weight excluding hydrogens is 442 g/mol. The number of thiazole rings is 1. The van der Waals surface area contributed by atoms with Crippen LogP contribution in [0.3, 0.4) is 0 Å². The van der Waals surface area contributed by atoms with Crippen LogP contribution in [0, 0.1) is 0 Å². The third-order valence-corrected chi connectivity index (χ3v) is 8.28. The van der Waals surface area contributed by atoms with Gasteiger partial charge >= 0.3 is 0 Å². The number of anilines is 2. The summed E-state index contributed by atoms with van der Waals surface area (Å²) in [6.07, 6.45) is 6.24. The van der Waals surface area contributed by atoms with Gasteiger partial charge in [0.15, 0.2) is 5.13 Å². The fourth-order valence-corrected chi connectivity index (χ4v) is 6.24. The summed E-state index contributed by atoms with van der Waals surface area (Å²) in [5.41, 5.74) is 3.49. The molecule has 3 heterocycles. The lowest BCUT2D eigenvalue weighted by Gasteiger charge is -2.25. The molecule has 0 radical (unpaired) electrons. The van der Waals surface area contributed by atoms with Crippen LogP contribution in [0.4, 0.5) is 10.8 Å². The van der Waals surface area contributed by atoms with E-state index in [1.165, 1.54) is 28.7 Å². The molecule has 2 aliphatic heterocycles. The lowest BCUT2D eigenvalue weighted by Crippen LogP contribution is -2.36. The summed E-state index contributed by atoms with van der Waals surface area (Å²) in [5.74, 6) is 0.342. The maximum Gasteiger partial charge on any atom is 0.219 e. The number of aromatic nitrogens is 1. The Kier molecular flexibility index (Phi) is 5.85. The monoisotopic (exact) mass is 467 g/mol. The minimum absolute atomic E-state index is 0.109. The Morgan fingerprint density at radius 3 is 2.73 bits per heavy atom. The number of carbonyl (C=O) groups is 1. The maximum atomic E-state index is 12.0. The van der Waals surface area contributed by atoms with Gasteiger partial charge in [-0.1, -0.05) is 35.1 Å². The standard InChI is InChI=1S/C21H26ClN3O3S2/c1-15(26)24-9-8-21(13-24)14-25(20-23-12-19(22)29-20)18-7-6-16(11-17(18)21)5-3-4-10-30(2,27)28/h6-7,11-12H,3-5,8-10,13-14H2,1-2H3. The van der Waals surface area contributed by atoms with E-state index in [0.717, 1.165) is 43.2 Å². The van der Waals surface area contributed by atoms with Crippen LogP contribution in [0.2, 0.25) is 4.34 Å². The van der Waals surface area contributed by atoms with Gasteiger partial charge in [-0.2, -0.15) is 0 Å². The van der Waals surface area contributed by atoms with Gasteiger partial charge in [-0.25, -0.2) is 13.4 Å². The van der Waals surface area contributed by atoms with E-state index in [2.05, 4.69) is 28.1 Å². The second kappa shape index (κ2) is 8.13. The summed E-state index contributed by atoms with van der Waals surface area (Å²) < 4.78 is 23.4. The van der Waals surface area contributed by atoms with Crippen LogP contribution in [0.5, 0.6) is 0 Å². The van der Waals surface area contributed by atoms with Crippen molar-refractivity contribution in [2.24, 2.45) is 0 Å². The first kappa shape index (κ1) is 21.6. The van der Waals surface area contributed by atoms with Crippen molar-refractivity contribution >= 4 is 49.5 Å². The Morgan fingerprint density at radius 1 is 1.30 bits per heavy atom. The van der Waals surface area contributed by atoms with Crippen molar-refractivity contribution in [2.75, 3.05) is 36.5 Å². The Balaban J connectivity index is 1.61. The number of hydrogen-bond acceptors (Lipinski definition) is 6. The quantitative estimate of drug-likeness (QED) is 0.604. The van der Waals surface area contributed by atoms with Gasteiger partial charge in [0.1, 0.15) is 14.2 Å². The first-order chi connectivity index (χ1) is 14.2. The fraction of sp³-hybridized carbons (Fsp3) is 0.524. The molecule has 1 aromatic heterocycles. The van der Waals surface area contributed by atoms with Crippen LogP contribution in [-0.2, 0) is 26.5 Å². The minimum atomic E-state index is -2.92. The van der Waals surface area contributed by atoms with Crippen molar-refractivity contribution < 1.29 is 13.2 Å². The van der Waals surface area contributed by atoms with Gasteiger partial charge < -0.3 is 9.80 Å². The molecule has 1 saturated heterocycles. The van der Waals surface area contributed by atoms with Crippen LogP contribution >= 0.6 is 22.9 Å². The van der Waals surface area contributed by atoms with Crippen LogP contribution in [0.25, 0.3) is 0 Å². The SMILES string of the molecule is CC(=O)N1CCC2(C1)CN(c1ncc(Cl)s1)c1ccc(CCCCS(C)(=O)=O)cc12. The van der Waals surface area contributed by atoms with Crippen molar-refractivity contribution in [1.82, 2.24) is 9.88 Å². The molecular formula is C21H26ClN3O3S2. The molecule has 0 N–H and O–H groups in total. The van der Waals surface area contributed by atoms with Gasteiger partial charge in [-0.15, -0.1) is 0 Å². The van der Waals surface area contributed by atoms with Gasteiger partial charge in [0.05, 0.1) is 6.20 Å². The molecule has 2 aliphatic rings. The number of sulfone groups is 1. The molecule has 0 bridgehead atoms. The zero-order valence-corrected chi connectivity index (χ0v) is 19.6. The van der Waals surface area contributed by atoms with Crippen molar-refractivity contribution in [3.05, 3.63) is 39.9 Å². The number of halogens is 1. The smallest absolute Gasteiger partial charge is 0.219 e. The Bertz CT molecular complexity index is 1070. The fourth-order valence-electron chi connectivity index (χ4n) is 4.60. The van der Waals surface area contributed by atoms with Crippen molar-refractivity contribution in [2.45, 2.75) is 38.0 Å². The number of amides is 1. The van der Waals surface area contributed by atoms with Gasteiger partial charge in [0.2, 0.25) is 5.91 Å². The highest BCUT2D eigenvalue weighted by Crippen LogP contribution is 2.50. The highest BCUT2D eigenvalue weighted by Gasteiger charge is 2.48. The summed E-state index contributed by atoms with van der Waals surface area (Å²) in [4.78, 5) is 20.7. The van der Waals surface area contributed by atoms with E-state index in [9.17, 15) is 13.2 Å². The predicted molar refractivity (Wildman–Crippen MR) is 122 cm³/mol. The average molecular weight is 468 g/mol. The van der Waals surface area contributed by atoms with E-state index in [-0.39, 0.29) is 17.1 Å². The molecule has 162 valence electrons. The molecule has 0 aliphatic carbocycles. The average Bonchev–Trinajstić information content (AvgIpc) is 3.37. The predicted octanol–water partition coefficient (Wildman–Crippen LogP) is 3.81. The largest absolute Gasteiger partial charge is 0.342 e. The number of unbranched alkanes of at least 4 members (excludes halogenated alkanes) is 1. The van der Waals surface area contributed by atoms with Gasteiger partial charge in [-0.05, 0) is 42.9 Å². The maximum absolute atomic E-state index is 12.0. The van der Waals surface area contributed by atoms with E-state index in [1.807, 2.05) is 4.90 Å². The number of nitrogens with zero attached hydrogens (tertiary/aromatic N) is 3. The molecule has 30 heavy (non-hydrogen) atoms. The number of fused-ring (bicyclic) bond motifs is 2. The molecule has 1 unspecified atom stereocenters. The first-order valence-electron chi connectivity index (χ1n) is 10.1. The second-order valence-corrected chi connectivity index (χ2v) is 12.3. The summed E-state index contributed by atoms with van der Waals surface area (Å²) in [7, 11) is -2.92. The minimum Gasteiger partial charge on any atom is -0.342 e. The third-order valence-electron chi connectivity index (χ3n) is 6.11. The molecule has 2 aromatic rings. The summed E-state index contributed by atoms with van der Waals surface area (Å²) in [6, 6.07) is 6.52. The molecule has 1 aromatic carbocycles. The Hall–Kier alpha value is -1.64. The number of hydrogen-bond donors (Lipinski definition) is 0. The van der Waals surface area contributed by atoms with Crippen LogP contribution in [0.15, 0.2) is 24.4 Å². The number of aryl methyl sites for hydroxylation is 1. The lowest BCUT2D eigenvalue weighted by atomic mass is 9.80. The Morgan fingerprint density at radius 2 is 2.10 bits per heavy atom. The molecule has 1 atom stereocenters. The van der Waals surface area contributed by atoms with Crippen molar-refractivity contribution in [3.8, 4) is 0 Å². The number of carbonyl (C=O) groups excluding carboxylic acids is 1. The van der Waals surface area contributed by atoms with E-state index < -0.39 is 9.84 Å². The highest BCUT2D eigenvalue weighted by atomic mass is 35.5. The second-order valence-electron chi connectivity index (χ2n) is 8.44. The van der Waals surface area contributed by atoms with Gasteiger partial charge in [0.25, 0.3) is 0 Å². The number of likely N-dealkylation sites (tertiary alicyclic amines) is 1. The topological polar surface area (TPSA) is 70.6 Å². The molecule has 9 heteroatoms. The zero-order chi connectivity index (χ0) is 21.5. The van der Waals surface area contributed by atoms with Crippen LogP contribution in [0.1, 0.15) is 37.3 Å². The molecule has 1 spiro atoms. The van der Waals surface area contributed by atoms with Crippen molar-refractivity contribution in [3.63, 3.8) is 0 Å². The van der Waals surface area contributed by atoms with Gasteiger partial charge in [-0.3, -0.25) is 4.79 Å². The molecule has 1 fully saturated rings. The third kappa shape index (κ3) is 4.36. The molecule has 1 amide bonds. The Labute approximate surface area is 186 Å². The van der Waals surface area contributed by atoms with Crippen molar-refractivity contribution in [1.29, 1.82) is 0 Å². The van der Waals surface area contributed by atoms with E-state index in [4.69, 9.17) is 11.6 Å². The number of benzene rings is 1. The van der Waals surface area contributed by atoms with E-state index >= 15 is 0 Å². The van der Waals surface area contributed by atoms with E-state index in [0.29, 0.717) is 17.3 Å². The normalized spacial score (nSPS) is 20.9. The molecule has 0 saturated carbocycles. The molecule has 4 rings (SSSR count). The highest BCUT2D eigenvalue weighted by molar-refractivity contribution is 7.90. The van der Waals surface area contributed by atoms with E-state index in [1.54, 1.807) is 13.1 Å². The first-order valence-corrected chi connectivity index (χ1v) is 13.4. The summed E-state index contributed by atoms with van der Waals surface area (Å²) in [6.45, 7) is 3.89. The van der Waals surface area contributed by atoms with Gasteiger partial charge in [0, 0.05) is 49.7 Å². The zero-order valence-electron chi connectivity index (χ0n) is 17.2. The number of rotatable bonds is 6. The summed E-state index contributed by atoms with van der Waals surface area (Å²) in [5, 5.41) is 0.875. The lowest BCUT2D eigenvalue weighted by molar-refractivity contribution is -0.127.